The van der Waals surface area contributed by atoms with Crippen molar-refractivity contribution in [3.8, 4) is 0 Å². The summed E-state index contributed by atoms with van der Waals surface area (Å²) in [6.07, 6.45) is 0. The first-order valence-corrected chi connectivity index (χ1v) is 4.71. The van der Waals surface area contributed by atoms with Crippen LogP contribution >= 0.6 is 0 Å². The lowest BCUT2D eigenvalue weighted by molar-refractivity contribution is -0.116. The smallest absolute Gasteiger partial charge is 0.255 e. The average molecular weight is 209 g/mol. The number of aromatic nitrogens is 2. The van der Waals surface area contributed by atoms with Crippen molar-refractivity contribution in [2.24, 2.45) is 7.05 Å². The molecule has 1 aromatic heterocycles. The summed E-state index contributed by atoms with van der Waals surface area (Å²) >= 11 is 0. The molecule has 1 heterocycles. The van der Waals surface area contributed by atoms with Gasteiger partial charge in [-0.05, 0) is 20.8 Å². The lowest BCUT2D eigenvalue weighted by Gasteiger charge is -2.02. The van der Waals surface area contributed by atoms with E-state index in [4.69, 9.17) is 0 Å². The van der Waals surface area contributed by atoms with Gasteiger partial charge in [-0.15, -0.1) is 0 Å². The zero-order valence-corrected chi connectivity index (χ0v) is 9.42. The van der Waals surface area contributed by atoms with Crippen molar-refractivity contribution < 1.29 is 9.59 Å². The maximum atomic E-state index is 11.7. The first kappa shape index (κ1) is 11.4. The van der Waals surface area contributed by atoms with Crippen LogP contribution in [-0.2, 0) is 11.8 Å². The number of ketones is 1. The Morgan fingerprint density at radius 3 is 2.40 bits per heavy atom. The number of aryl methyl sites for hydroxylation is 2. The molecule has 0 saturated carbocycles. The lowest BCUT2D eigenvalue weighted by Crippen LogP contribution is -2.29. The van der Waals surface area contributed by atoms with Gasteiger partial charge in [0.15, 0.2) is 0 Å². The second-order valence-electron chi connectivity index (χ2n) is 3.55. The van der Waals surface area contributed by atoms with Crippen molar-refractivity contribution in [1.29, 1.82) is 0 Å². The summed E-state index contributed by atoms with van der Waals surface area (Å²) in [6, 6.07) is 0. The van der Waals surface area contributed by atoms with Crippen molar-refractivity contribution >= 4 is 11.7 Å². The third kappa shape index (κ3) is 2.43. The van der Waals surface area contributed by atoms with E-state index in [1.54, 1.807) is 18.7 Å². The summed E-state index contributed by atoms with van der Waals surface area (Å²) in [5.41, 5.74) is 2.03. The quantitative estimate of drug-likeness (QED) is 0.781. The average Bonchev–Trinajstić information content (AvgIpc) is 2.37. The molecule has 0 aliphatic heterocycles. The predicted octanol–water partition coefficient (Wildman–Crippen LogP) is 0.356. The van der Waals surface area contributed by atoms with Crippen LogP contribution in [0.5, 0.6) is 0 Å². The molecule has 0 aromatic carbocycles. The van der Waals surface area contributed by atoms with Gasteiger partial charge in [0.25, 0.3) is 5.91 Å². The van der Waals surface area contributed by atoms with Gasteiger partial charge in [0.1, 0.15) is 5.78 Å². The van der Waals surface area contributed by atoms with Gasteiger partial charge in [0.05, 0.1) is 17.8 Å². The topological polar surface area (TPSA) is 64.0 Å². The molecule has 1 amide bonds. The Hall–Kier alpha value is -1.65. The monoisotopic (exact) mass is 209 g/mol. The van der Waals surface area contributed by atoms with Crippen LogP contribution in [0.1, 0.15) is 28.7 Å². The number of Topliss-reactive ketones (excluding diaryl/α,β-unsaturated/α-hetero) is 1. The number of nitrogens with zero attached hydrogens (tertiary/aromatic N) is 2. The second-order valence-corrected chi connectivity index (χ2v) is 3.55. The first-order valence-electron chi connectivity index (χ1n) is 4.71. The molecule has 82 valence electrons. The number of amides is 1. The molecule has 0 spiro atoms. The number of carbonyl (C=O) groups excluding carboxylic acids is 2. The zero-order chi connectivity index (χ0) is 11.6. The lowest BCUT2D eigenvalue weighted by atomic mass is 10.2. The van der Waals surface area contributed by atoms with Gasteiger partial charge < -0.3 is 5.32 Å². The summed E-state index contributed by atoms with van der Waals surface area (Å²) in [5.74, 6) is -0.309. The fourth-order valence-electron chi connectivity index (χ4n) is 1.40. The van der Waals surface area contributed by atoms with Crippen LogP contribution in [-0.4, -0.2) is 28.0 Å². The molecule has 0 aliphatic carbocycles. The summed E-state index contributed by atoms with van der Waals surface area (Å²) in [5, 5.41) is 6.68. The van der Waals surface area contributed by atoms with Crippen LogP contribution < -0.4 is 5.32 Å². The van der Waals surface area contributed by atoms with Crippen molar-refractivity contribution in [3.05, 3.63) is 17.0 Å². The number of rotatable bonds is 3. The molecule has 0 bridgehead atoms. The molecular weight excluding hydrogens is 194 g/mol. The highest BCUT2D eigenvalue weighted by Gasteiger charge is 2.16. The van der Waals surface area contributed by atoms with Crippen molar-refractivity contribution in [2.45, 2.75) is 20.8 Å². The Morgan fingerprint density at radius 2 is 2.00 bits per heavy atom. The van der Waals surface area contributed by atoms with Gasteiger partial charge in [-0.1, -0.05) is 0 Å². The van der Waals surface area contributed by atoms with Gasteiger partial charge >= 0.3 is 0 Å². The van der Waals surface area contributed by atoms with Gasteiger partial charge in [-0.3, -0.25) is 14.3 Å². The molecule has 1 aromatic rings. The summed E-state index contributed by atoms with van der Waals surface area (Å²) in [7, 11) is 1.78. The summed E-state index contributed by atoms with van der Waals surface area (Å²) in [4.78, 5) is 22.4. The molecule has 0 saturated heterocycles. The first-order chi connectivity index (χ1) is 6.93. The highest BCUT2D eigenvalue weighted by Crippen LogP contribution is 2.10. The minimum Gasteiger partial charge on any atom is -0.345 e. The number of hydrogen-bond donors (Lipinski definition) is 1. The molecule has 1 rings (SSSR count). The van der Waals surface area contributed by atoms with Crippen molar-refractivity contribution in [3.63, 3.8) is 0 Å². The molecule has 5 nitrogen and oxygen atoms in total. The van der Waals surface area contributed by atoms with E-state index in [1.807, 2.05) is 6.92 Å². The third-order valence-corrected chi connectivity index (χ3v) is 2.23. The van der Waals surface area contributed by atoms with E-state index in [0.29, 0.717) is 11.3 Å². The largest absolute Gasteiger partial charge is 0.345 e. The van der Waals surface area contributed by atoms with Gasteiger partial charge in [0, 0.05) is 12.7 Å². The van der Waals surface area contributed by atoms with E-state index in [2.05, 4.69) is 10.4 Å². The predicted molar refractivity (Wildman–Crippen MR) is 55.7 cm³/mol. The van der Waals surface area contributed by atoms with E-state index in [0.717, 1.165) is 5.69 Å². The van der Waals surface area contributed by atoms with Crippen LogP contribution in [0.4, 0.5) is 0 Å². The van der Waals surface area contributed by atoms with Crippen LogP contribution in [0.3, 0.4) is 0 Å². The molecule has 15 heavy (non-hydrogen) atoms. The van der Waals surface area contributed by atoms with E-state index >= 15 is 0 Å². The fourth-order valence-corrected chi connectivity index (χ4v) is 1.40. The minimum atomic E-state index is -0.242. The molecular formula is C10H15N3O2. The maximum absolute atomic E-state index is 11.7. The van der Waals surface area contributed by atoms with Crippen LogP contribution in [0, 0.1) is 13.8 Å². The SMILES string of the molecule is CC(=O)CNC(=O)c1c(C)nn(C)c1C. The Bertz CT molecular complexity index is 407. The molecule has 0 unspecified atom stereocenters. The highest BCUT2D eigenvalue weighted by atomic mass is 16.2. The number of nitrogens with one attached hydrogen (secondary N) is 1. The molecule has 0 radical (unpaired) electrons. The Balaban J connectivity index is 2.86. The zero-order valence-electron chi connectivity index (χ0n) is 9.42. The Kier molecular flexibility index (Phi) is 3.24. The second kappa shape index (κ2) is 4.25. The van der Waals surface area contributed by atoms with Crippen LogP contribution in [0.25, 0.3) is 0 Å². The molecule has 0 aliphatic rings. The van der Waals surface area contributed by atoms with E-state index in [1.165, 1.54) is 6.92 Å². The molecule has 0 fully saturated rings. The number of hydrogen-bond acceptors (Lipinski definition) is 3. The molecule has 1 N–H and O–H groups in total. The third-order valence-electron chi connectivity index (χ3n) is 2.23. The van der Waals surface area contributed by atoms with E-state index < -0.39 is 0 Å². The van der Waals surface area contributed by atoms with E-state index in [9.17, 15) is 9.59 Å². The van der Waals surface area contributed by atoms with E-state index in [-0.39, 0.29) is 18.2 Å². The van der Waals surface area contributed by atoms with Crippen molar-refractivity contribution in [2.75, 3.05) is 6.54 Å². The van der Waals surface area contributed by atoms with Gasteiger partial charge in [0.2, 0.25) is 0 Å². The highest BCUT2D eigenvalue weighted by molar-refractivity contribution is 5.98. The summed E-state index contributed by atoms with van der Waals surface area (Å²) in [6.45, 7) is 5.09. The minimum absolute atomic E-state index is 0.0621. The fraction of sp³-hybridized carbons (Fsp3) is 0.500. The van der Waals surface area contributed by atoms with Gasteiger partial charge in [-0.2, -0.15) is 5.10 Å². The summed E-state index contributed by atoms with van der Waals surface area (Å²) < 4.78 is 1.65. The molecule has 0 atom stereocenters. The normalized spacial score (nSPS) is 10.1. The van der Waals surface area contributed by atoms with Crippen LogP contribution in [0.2, 0.25) is 0 Å². The Labute approximate surface area is 88.5 Å². The number of carbonyl (C=O) groups is 2. The van der Waals surface area contributed by atoms with Crippen LogP contribution in [0.15, 0.2) is 0 Å². The van der Waals surface area contributed by atoms with Crippen molar-refractivity contribution in [1.82, 2.24) is 15.1 Å². The standard InChI is InChI=1S/C10H15N3O2/c1-6(14)5-11-10(15)9-7(2)12-13(4)8(9)3/h5H2,1-4H3,(H,11,15). The molecule has 5 heteroatoms. The Morgan fingerprint density at radius 1 is 1.40 bits per heavy atom. The maximum Gasteiger partial charge on any atom is 0.255 e. The van der Waals surface area contributed by atoms with Gasteiger partial charge in [-0.25, -0.2) is 0 Å².